The Morgan fingerprint density at radius 2 is 0.507 bits per heavy atom. The smallest absolute Gasteiger partial charge is 0.357 e. The molecule has 18 aromatic rings. The van der Waals surface area contributed by atoms with Crippen LogP contribution < -0.4 is 42.5 Å². The summed E-state index contributed by atoms with van der Waals surface area (Å²) in [7, 11) is 18.4. The molecule has 0 saturated heterocycles. The number of benzene rings is 18. The van der Waals surface area contributed by atoms with Crippen LogP contribution in [0.25, 0.3) is 105 Å². The van der Waals surface area contributed by atoms with Gasteiger partial charge in [-0.2, -0.15) is 0 Å². The lowest BCUT2D eigenvalue weighted by Crippen LogP contribution is -3.61. The lowest BCUT2D eigenvalue weighted by atomic mass is 9.82. The highest BCUT2D eigenvalue weighted by Crippen LogP contribution is 2.48. The fourth-order valence-corrected chi connectivity index (χ4v) is 17.4. The number of hydrogen-bond acceptors (Lipinski definition) is 0. The summed E-state index contributed by atoms with van der Waals surface area (Å²) in [6.07, 6.45) is 10.5. The second-order valence-electron chi connectivity index (χ2n) is 32.3. The van der Waals surface area contributed by atoms with Gasteiger partial charge in [-0.05, 0) is 235 Å². The molecule has 18 aromatic carbocycles. The molecular weight excluding hydrogens is 1850 g/mol. The SMILES string of the molecule is C.C.C.C1=C[CH+]C(=C(c2ccccc2)c2ccccc2)C=C1.C[NH+](C)c1ccccc1.Cc1ccc([I+]c2ccc(C(C)C)cc2)cc1.[B-]c1c(F)c(F)c(C)c(F)c1F.[B-]c1c(F)c(F)c(C)c(F)c1F.[B-]c1c(F)c(F)c(C)c(F)c1F.c1ccc(-c2cc3c4cc(-c5ccccc5)c(-c5ccccc5)cc4c4cc(-c5ccccc5)c(-c5ccccc5)cc4c3cc2-c2ccccc2)cc1. The highest BCUT2D eigenvalue weighted by Gasteiger charge is 2.25. The van der Waals surface area contributed by atoms with Crippen LogP contribution in [0.3, 0.4) is 0 Å². The van der Waals surface area contributed by atoms with Crippen LogP contribution in [0.2, 0.25) is 0 Å². The molecule has 0 heterocycles. The molecule has 0 atom stereocenters. The van der Waals surface area contributed by atoms with Crippen molar-refractivity contribution in [2.75, 3.05) is 14.1 Å². The van der Waals surface area contributed by atoms with E-state index < -0.39 is 103 Å². The highest BCUT2D eigenvalue weighted by atomic mass is 127. The van der Waals surface area contributed by atoms with Gasteiger partial charge in [-0.25, -0.2) is 69.1 Å². The zero-order valence-electron chi connectivity index (χ0n) is 75.2. The van der Waals surface area contributed by atoms with Crippen molar-refractivity contribution in [3.8, 4) is 66.8 Å². The van der Waals surface area contributed by atoms with Crippen LogP contribution >= 0.6 is 0 Å². The van der Waals surface area contributed by atoms with Gasteiger partial charge in [-0.3, -0.25) is 0 Å². The lowest BCUT2D eigenvalue weighted by molar-refractivity contribution is -0.786. The molecule has 0 fully saturated rings. The molecule has 0 saturated carbocycles. The number of quaternary nitrogens is 1. The molecule has 1 nitrogen and oxygen atoms in total. The number of hydrogen-bond donors (Lipinski definition) is 1. The lowest BCUT2D eigenvalue weighted by Gasteiger charge is -2.21. The number of fused-ring (bicyclic) bond motifs is 6. The minimum atomic E-state index is -1.55. The maximum Gasteiger partial charge on any atom is 0.357 e. The first-order valence-electron chi connectivity index (χ1n) is 43.4. The molecule has 1 aliphatic carbocycles. The minimum absolute atomic E-state index is 0. The number of para-hydroxylation sites is 1. The zero-order valence-corrected chi connectivity index (χ0v) is 77.3. The van der Waals surface area contributed by atoms with Crippen LogP contribution in [0.1, 0.15) is 81.0 Å². The molecular formula is C121H102B3F12IN. The molecule has 1 aliphatic rings. The predicted octanol–water partition coefficient (Wildman–Crippen LogP) is 27.6. The third-order valence-corrected chi connectivity index (χ3v) is 25.4. The van der Waals surface area contributed by atoms with Crippen LogP contribution in [0.15, 0.2) is 388 Å². The average molecular weight is 1960 g/mol. The van der Waals surface area contributed by atoms with E-state index in [1.807, 2.05) is 6.07 Å². The second kappa shape index (κ2) is 49.6. The number of allylic oxidation sites excluding steroid dienone is 5. The van der Waals surface area contributed by atoms with Crippen LogP contribution in [0.5, 0.6) is 0 Å². The Labute approximate surface area is 817 Å². The number of halogens is 13. The van der Waals surface area contributed by atoms with Gasteiger partial charge in [0, 0.05) is 58.5 Å². The van der Waals surface area contributed by atoms with Crippen molar-refractivity contribution in [2.24, 2.45) is 0 Å². The quantitative estimate of drug-likeness (QED) is 0.0311. The molecule has 691 valence electrons. The number of rotatable bonds is 12. The molecule has 0 aliphatic heterocycles. The average Bonchev–Trinajstić information content (AvgIpc) is 0.711. The molecule has 0 amide bonds. The van der Waals surface area contributed by atoms with Crippen molar-refractivity contribution >= 4 is 83.5 Å². The van der Waals surface area contributed by atoms with E-state index in [-0.39, 0.29) is 43.5 Å². The Hall–Kier alpha value is -14.1. The minimum Gasteiger partial charge on any atom is -0.572 e. The summed E-state index contributed by atoms with van der Waals surface area (Å²) in [5, 5.41) is 7.50. The van der Waals surface area contributed by atoms with Gasteiger partial charge in [-0.1, -0.05) is 303 Å². The fourth-order valence-electron chi connectivity index (χ4n) is 15.3. The molecule has 0 spiro atoms. The normalized spacial score (nSPS) is 11.0. The Kier molecular flexibility index (Phi) is 38.1. The first-order chi connectivity index (χ1) is 65.1. The molecule has 1 N–H and O–H groups in total. The van der Waals surface area contributed by atoms with Crippen LogP contribution in [-0.2, 0) is 0 Å². The van der Waals surface area contributed by atoms with E-state index in [4.69, 9.17) is 23.5 Å². The van der Waals surface area contributed by atoms with Gasteiger partial charge in [0.2, 0.25) is 0 Å². The van der Waals surface area contributed by atoms with Crippen molar-refractivity contribution in [3.63, 3.8) is 0 Å². The summed E-state index contributed by atoms with van der Waals surface area (Å²) >= 11 is -0.0167. The largest absolute Gasteiger partial charge is 0.572 e. The number of aryl methyl sites for hydroxylation is 1. The molecule has 0 unspecified atom stereocenters. The van der Waals surface area contributed by atoms with Gasteiger partial charge in [0.1, 0.15) is 46.2 Å². The topological polar surface area (TPSA) is 4.44 Å². The van der Waals surface area contributed by atoms with E-state index in [9.17, 15) is 52.7 Å². The van der Waals surface area contributed by atoms with Gasteiger partial charge in [0.25, 0.3) is 0 Å². The van der Waals surface area contributed by atoms with E-state index in [2.05, 4.69) is 417 Å². The summed E-state index contributed by atoms with van der Waals surface area (Å²) < 4.78 is 154. The third kappa shape index (κ3) is 25.2. The Morgan fingerprint density at radius 1 is 0.283 bits per heavy atom. The van der Waals surface area contributed by atoms with Crippen molar-refractivity contribution in [1.29, 1.82) is 0 Å². The number of nitrogens with one attached hydrogen (secondary N) is 1. The monoisotopic (exact) mass is 1960 g/mol. The fraction of sp³-hybridized carbons (Fsp3) is 0.0992. The first-order valence-corrected chi connectivity index (χ1v) is 45.6. The maximum absolute atomic E-state index is 12.6. The summed E-state index contributed by atoms with van der Waals surface area (Å²) in [6.45, 7) is 9.40. The van der Waals surface area contributed by atoms with Gasteiger partial charge in [0.05, 0.1) is 19.7 Å². The van der Waals surface area contributed by atoms with Gasteiger partial charge in [-0.15, -0.1) is 0 Å². The summed E-state index contributed by atoms with van der Waals surface area (Å²) in [5.41, 5.74) is 18.2. The van der Waals surface area contributed by atoms with Crippen molar-refractivity contribution < 1.29 is 78.8 Å². The standard InChI is InChI=1S/C54H36.C19H15.C16H18I.C8H11N.3C7H3BF4.3CH4/c1-7-19-37(20-8-1)43-31-49-50(32-44(43)38-21-9-2-10-22-38)52-34-46(40-25-13-4-14-26-40)48(42-29-17-6-18-30-42)36-54(52)53-35-47(41-27-15-5-16-28-41)45(33-51(49)53)39-23-11-3-12-24-39;1-4-10-16(11-5-1)19(17-12-6-2-7-13-17)18-14-8-3-9-15-18;1-12(2)14-6-10-16(11-7-14)17-15-8-4-13(3)5-9-15;1-9(2)8-6-4-3-5-7-8;3*1-2-4(9)6(11)3(8)7(12)5(2)10;;;/h1-36H;1-15H;4-12H,1-3H3;3-7H,1-2H3;3*1H3;3*1H4/q;2*+1;;3*-1;;;/p+1. The zero-order chi connectivity index (χ0) is 96.1. The Balaban J connectivity index is 0.000000191. The van der Waals surface area contributed by atoms with Gasteiger partial charge in [0.15, 0.2) is 42.0 Å². The summed E-state index contributed by atoms with van der Waals surface area (Å²) in [5.74, 6) is -17.4. The molecule has 0 bridgehead atoms. The van der Waals surface area contributed by atoms with Crippen LogP contribution in [0.4, 0.5) is 58.4 Å². The summed E-state index contributed by atoms with van der Waals surface area (Å²) in [4.78, 5) is 1.37. The van der Waals surface area contributed by atoms with Crippen molar-refractivity contribution in [1.82, 2.24) is 0 Å². The van der Waals surface area contributed by atoms with Crippen LogP contribution in [0, 0.1) is 111 Å². The van der Waals surface area contributed by atoms with Crippen molar-refractivity contribution in [2.45, 2.75) is 69.7 Å². The predicted molar refractivity (Wildman–Crippen MR) is 550 cm³/mol. The molecule has 9 radical (unpaired) electrons. The molecule has 19 rings (SSSR count). The molecule has 138 heavy (non-hydrogen) atoms. The third-order valence-electron chi connectivity index (χ3n) is 22.7. The molecule has 17 heteroatoms. The summed E-state index contributed by atoms with van der Waals surface area (Å²) in [6, 6.07) is 129. The van der Waals surface area contributed by atoms with E-state index in [1.54, 1.807) is 0 Å². The van der Waals surface area contributed by atoms with E-state index in [0.717, 1.165) is 20.8 Å². The van der Waals surface area contributed by atoms with Gasteiger partial charge >= 0.3 is 21.2 Å². The first kappa shape index (κ1) is 106. The highest BCUT2D eigenvalue weighted by molar-refractivity contribution is 6.34. The van der Waals surface area contributed by atoms with Crippen LogP contribution in [-0.4, -0.2) is 37.6 Å². The van der Waals surface area contributed by atoms with E-state index in [0.29, 0.717) is 5.92 Å². The van der Waals surface area contributed by atoms with E-state index in [1.165, 1.54) is 150 Å². The second-order valence-corrected chi connectivity index (χ2v) is 35.4. The Morgan fingerprint density at radius 3 is 0.717 bits per heavy atom. The molecule has 0 aromatic heterocycles. The Bertz CT molecular complexity index is 6170. The van der Waals surface area contributed by atoms with Gasteiger partial charge < -0.3 is 28.4 Å². The van der Waals surface area contributed by atoms with E-state index >= 15 is 0 Å². The maximum atomic E-state index is 12.6. The van der Waals surface area contributed by atoms with Crippen molar-refractivity contribution in [3.05, 3.63) is 510 Å².